The van der Waals surface area contributed by atoms with E-state index in [4.69, 9.17) is 4.74 Å². The van der Waals surface area contributed by atoms with Crippen LogP contribution in [0.1, 0.15) is 72.3 Å². The van der Waals surface area contributed by atoms with Crippen LogP contribution in [0.25, 0.3) is 22.2 Å². The van der Waals surface area contributed by atoms with Gasteiger partial charge in [-0.05, 0) is 85.2 Å². The van der Waals surface area contributed by atoms with Crippen LogP contribution in [0.3, 0.4) is 0 Å². The van der Waals surface area contributed by atoms with Gasteiger partial charge in [0.1, 0.15) is 18.9 Å². The summed E-state index contributed by atoms with van der Waals surface area (Å²) in [6, 6.07) is 18.3. The standard InChI is InChI=1S/C41H48N6O7S/c1-55(52,53)45-23-21-44(22-24-45)36-18-14-33(47(50)51)25-32(36)28-54-34-15-11-30(12-16-34)40-39(29-9-5-4-6-10-29)35-17-13-31-26-37(35)46(40)27-38(48)42-19-7-2-3-8-20-43-41(31)49/h2-3,11-18,25-26,29H,4-10,19-24,27-28H2,1H3,(H,42,48)(H,43,49). The van der Waals surface area contributed by atoms with Crippen LogP contribution < -0.4 is 20.3 Å². The van der Waals surface area contributed by atoms with Gasteiger partial charge in [0.05, 0.1) is 22.4 Å². The number of nitrogens with zero attached hydrogens (tertiary/aromatic N) is 4. The number of carbonyl (C=O) groups is 2. The fourth-order valence-electron chi connectivity index (χ4n) is 8.14. The van der Waals surface area contributed by atoms with Crippen molar-refractivity contribution in [1.82, 2.24) is 19.5 Å². The second-order valence-corrected chi connectivity index (χ2v) is 16.6. The van der Waals surface area contributed by atoms with Gasteiger partial charge in [0.15, 0.2) is 0 Å². The van der Waals surface area contributed by atoms with Gasteiger partial charge in [0.2, 0.25) is 15.9 Å². The summed E-state index contributed by atoms with van der Waals surface area (Å²) in [4.78, 5) is 40.1. The fourth-order valence-corrected chi connectivity index (χ4v) is 8.97. The Morgan fingerprint density at radius 2 is 1.55 bits per heavy atom. The Morgan fingerprint density at radius 1 is 0.855 bits per heavy atom. The summed E-state index contributed by atoms with van der Waals surface area (Å²) < 4.78 is 33.9. The molecule has 0 atom stereocenters. The zero-order valence-electron chi connectivity index (χ0n) is 31.2. The molecule has 3 aliphatic rings. The quantitative estimate of drug-likeness (QED) is 0.123. The third kappa shape index (κ3) is 8.70. The molecule has 2 N–H and O–H groups in total. The SMILES string of the molecule is CS(=O)(=O)N1CCN(c2ccc([N+](=O)[O-])cc2COc2ccc(-c3c(C4CCCCC4)c4ccc5cc4n3CC(=O)NCCC=CCCNC5=O)cc2)CC1. The van der Waals surface area contributed by atoms with Crippen LogP contribution in [-0.2, 0) is 28.0 Å². The minimum Gasteiger partial charge on any atom is -0.489 e. The molecule has 2 aliphatic heterocycles. The average Bonchev–Trinajstić information content (AvgIpc) is 3.50. The largest absolute Gasteiger partial charge is 0.489 e. The highest BCUT2D eigenvalue weighted by Gasteiger charge is 2.29. The first-order chi connectivity index (χ1) is 26.6. The number of non-ortho nitro benzene ring substituents is 1. The number of rotatable bonds is 8. The molecule has 4 aromatic rings. The molecule has 0 unspecified atom stereocenters. The number of hydrogen-bond acceptors (Lipinski definition) is 8. The molecule has 2 amide bonds. The highest BCUT2D eigenvalue weighted by Crippen LogP contribution is 2.44. The van der Waals surface area contributed by atoms with Crippen LogP contribution in [0.4, 0.5) is 11.4 Å². The van der Waals surface area contributed by atoms with Gasteiger partial charge >= 0.3 is 0 Å². The molecule has 2 fully saturated rings. The molecular formula is C41H48N6O7S. The van der Waals surface area contributed by atoms with Gasteiger partial charge in [-0.15, -0.1) is 0 Å². The molecular weight excluding hydrogens is 721 g/mol. The number of nitrogens with one attached hydrogen (secondary N) is 2. The zero-order valence-corrected chi connectivity index (χ0v) is 32.0. The van der Waals surface area contributed by atoms with Crippen molar-refractivity contribution in [2.24, 2.45) is 0 Å². The number of nitro groups is 1. The van der Waals surface area contributed by atoms with Gasteiger partial charge in [-0.25, -0.2) is 8.42 Å². The van der Waals surface area contributed by atoms with Crippen molar-refractivity contribution in [3.8, 4) is 17.0 Å². The first-order valence-corrected chi connectivity index (χ1v) is 21.0. The number of aromatic nitrogens is 1. The predicted octanol–water partition coefficient (Wildman–Crippen LogP) is 6.12. The van der Waals surface area contributed by atoms with E-state index in [-0.39, 0.29) is 30.7 Å². The third-order valence-corrected chi connectivity index (χ3v) is 12.2. The Hall–Kier alpha value is -5.21. The van der Waals surface area contributed by atoms with Crippen LogP contribution in [-0.4, -0.2) is 79.6 Å². The number of benzene rings is 3. The molecule has 0 spiro atoms. The van der Waals surface area contributed by atoms with Gasteiger partial charge in [0.25, 0.3) is 11.6 Å². The third-order valence-electron chi connectivity index (χ3n) is 10.9. The Balaban J connectivity index is 1.22. The summed E-state index contributed by atoms with van der Waals surface area (Å²) in [6.07, 6.45) is 12.2. The molecule has 2 bridgehead atoms. The maximum absolute atomic E-state index is 13.5. The summed E-state index contributed by atoms with van der Waals surface area (Å²) in [5.74, 6) is 0.623. The molecule has 0 radical (unpaired) electrons. The lowest BCUT2D eigenvalue weighted by Gasteiger charge is -2.35. The molecule has 55 heavy (non-hydrogen) atoms. The number of amides is 2. The van der Waals surface area contributed by atoms with Crippen molar-refractivity contribution in [3.05, 3.63) is 99.6 Å². The van der Waals surface area contributed by atoms with Crippen LogP contribution in [0, 0.1) is 10.1 Å². The number of sulfonamides is 1. The van der Waals surface area contributed by atoms with E-state index in [0.29, 0.717) is 74.9 Å². The summed E-state index contributed by atoms with van der Waals surface area (Å²) >= 11 is 0. The van der Waals surface area contributed by atoms with Gasteiger partial charge in [0, 0.05) is 73.6 Å². The minimum absolute atomic E-state index is 0.0515. The number of nitro benzene ring substituents is 1. The van der Waals surface area contributed by atoms with E-state index < -0.39 is 14.9 Å². The number of hydrogen-bond donors (Lipinski definition) is 2. The average molecular weight is 769 g/mol. The lowest BCUT2D eigenvalue weighted by molar-refractivity contribution is -0.384. The van der Waals surface area contributed by atoms with Gasteiger partial charge in [-0.1, -0.05) is 37.5 Å². The monoisotopic (exact) mass is 768 g/mol. The Kier molecular flexibility index (Phi) is 11.5. The summed E-state index contributed by atoms with van der Waals surface area (Å²) in [5.41, 5.74) is 5.82. The van der Waals surface area contributed by atoms with Crippen LogP contribution in [0.5, 0.6) is 5.75 Å². The fraction of sp³-hybridized carbons (Fsp3) is 0.415. The van der Waals surface area contributed by atoms with Gasteiger partial charge < -0.3 is 24.8 Å². The van der Waals surface area contributed by atoms with Crippen molar-refractivity contribution in [3.63, 3.8) is 0 Å². The summed E-state index contributed by atoms with van der Waals surface area (Å²) in [7, 11) is -3.31. The normalized spacial score (nSPS) is 18.1. The maximum Gasteiger partial charge on any atom is 0.269 e. The van der Waals surface area contributed by atoms with E-state index in [0.717, 1.165) is 53.5 Å². The van der Waals surface area contributed by atoms with Crippen molar-refractivity contribution in [1.29, 1.82) is 0 Å². The maximum atomic E-state index is 13.5. The molecule has 290 valence electrons. The molecule has 7 rings (SSSR count). The van der Waals surface area contributed by atoms with Gasteiger partial charge in [-0.3, -0.25) is 19.7 Å². The van der Waals surface area contributed by atoms with Crippen LogP contribution in [0.2, 0.25) is 0 Å². The molecule has 13 nitrogen and oxygen atoms in total. The lowest BCUT2D eigenvalue weighted by Crippen LogP contribution is -2.48. The summed E-state index contributed by atoms with van der Waals surface area (Å²) in [6.45, 7) is 2.76. The second-order valence-electron chi connectivity index (χ2n) is 14.6. The molecule has 1 aromatic heterocycles. The number of carbonyl (C=O) groups excluding carboxylic acids is 2. The molecule has 1 saturated heterocycles. The smallest absolute Gasteiger partial charge is 0.269 e. The summed E-state index contributed by atoms with van der Waals surface area (Å²) in [5, 5.41) is 18.9. The van der Waals surface area contributed by atoms with Crippen LogP contribution >= 0.6 is 0 Å². The molecule has 1 saturated carbocycles. The van der Waals surface area contributed by atoms with E-state index in [2.05, 4.69) is 15.2 Å². The topological polar surface area (TPSA) is 156 Å². The van der Waals surface area contributed by atoms with E-state index in [1.165, 1.54) is 34.7 Å². The first-order valence-electron chi connectivity index (χ1n) is 19.1. The van der Waals surface area contributed by atoms with Crippen molar-refractivity contribution < 1.29 is 27.7 Å². The minimum atomic E-state index is -3.31. The Bertz CT molecular complexity index is 2200. The number of piperazine rings is 1. The molecule has 3 aromatic carbocycles. The first kappa shape index (κ1) is 38.1. The highest BCUT2D eigenvalue weighted by atomic mass is 32.2. The molecule has 1 aliphatic carbocycles. The predicted molar refractivity (Wildman–Crippen MR) is 213 cm³/mol. The molecule has 3 heterocycles. The number of fused-ring (bicyclic) bond motifs is 1. The Labute approximate surface area is 321 Å². The van der Waals surface area contributed by atoms with Gasteiger partial charge in [-0.2, -0.15) is 4.31 Å². The number of anilines is 1. The van der Waals surface area contributed by atoms with Crippen LogP contribution in [0.15, 0.2) is 72.8 Å². The van der Waals surface area contributed by atoms with Crippen molar-refractivity contribution in [2.75, 3.05) is 50.4 Å². The van der Waals surface area contributed by atoms with Crippen molar-refractivity contribution >= 4 is 44.1 Å². The van der Waals surface area contributed by atoms with E-state index >= 15 is 0 Å². The lowest BCUT2D eigenvalue weighted by atomic mass is 9.81. The second kappa shape index (κ2) is 16.7. The highest BCUT2D eigenvalue weighted by molar-refractivity contribution is 7.88. The Morgan fingerprint density at radius 3 is 2.24 bits per heavy atom. The zero-order chi connectivity index (χ0) is 38.5. The number of ether oxygens (including phenoxy) is 1. The van der Waals surface area contributed by atoms with E-state index in [9.17, 15) is 28.1 Å². The van der Waals surface area contributed by atoms with E-state index in [1.54, 1.807) is 6.07 Å². The van der Waals surface area contributed by atoms with Crippen molar-refractivity contribution in [2.45, 2.75) is 64.0 Å². The van der Waals surface area contributed by atoms with E-state index in [1.807, 2.05) is 59.5 Å². The molecule has 14 heteroatoms.